The number of aryl methyl sites for hydroxylation is 2. The van der Waals surface area contributed by atoms with Crippen LogP contribution in [0.1, 0.15) is 30.4 Å². The van der Waals surface area contributed by atoms with Crippen molar-refractivity contribution < 1.29 is 4.74 Å². The average Bonchev–Trinajstić information content (AvgIpc) is 2.56. The molecule has 2 aliphatic rings. The third kappa shape index (κ3) is 2.52. The van der Waals surface area contributed by atoms with Gasteiger partial charge in [0.05, 0.1) is 0 Å². The molecule has 1 N–H and O–H groups in total. The zero-order valence-electron chi connectivity index (χ0n) is 13.2. The van der Waals surface area contributed by atoms with E-state index < -0.39 is 0 Å². The first-order valence-electron chi connectivity index (χ1n) is 8.34. The van der Waals surface area contributed by atoms with Crippen molar-refractivity contribution in [3.63, 3.8) is 0 Å². The monoisotopic (exact) mass is 293 g/mol. The van der Waals surface area contributed by atoms with Crippen molar-refractivity contribution in [1.82, 2.24) is 5.32 Å². The smallest absolute Gasteiger partial charge is 0.123 e. The molecule has 1 saturated heterocycles. The van der Waals surface area contributed by atoms with Crippen molar-refractivity contribution in [3.05, 3.63) is 53.6 Å². The highest BCUT2D eigenvalue weighted by Gasteiger charge is 2.37. The van der Waals surface area contributed by atoms with Gasteiger partial charge in [0.25, 0.3) is 0 Å². The summed E-state index contributed by atoms with van der Waals surface area (Å²) in [6.45, 7) is 4.29. The van der Waals surface area contributed by atoms with E-state index >= 15 is 0 Å². The molecular formula is C20H23NO. The molecule has 2 heterocycles. The molecular weight excluding hydrogens is 270 g/mol. The van der Waals surface area contributed by atoms with Gasteiger partial charge in [0.2, 0.25) is 0 Å². The predicted molar refractivity (Wildman–Crippen MR) is 90.4 cm³/mol. The maximum Gasteiger partial charge on any atom is 0.123 e. The number of benzene rings is 2. The van der Waals surface area contributed by atoms with E-state index in [-0.39, 0.29) is 5.60 Å². The van der Waals surface area contributed by atoms with Gasteiger partial charge >= 0.3 is 0 Å². The second-order valence-corrected chi connectivity index (χ2v) is 6.72. The van der Waals surface area contributed by atoms with Gasteiger partial charge in [-0.15, -0.1) is 0 Å². The van der Waals surface area contributed by atoms with Crippen molar-refractivity contribution in [1.29, 1.82) is 0 Å². The zero-order valence-corrected chi connectivity index (χ0v) is 13.2. The highest BCUT2D eigenvalue weighted by molar-refractivity contribution is 5.66. The van der Waals surface area contributed by atoms with Gasteiger partial charge in [-0.2, -0.15) is 0 Å². The summed E-state index contributed by atoms with van der Waals surface area (Å²) in [5.41, 5.74) is 5.34. The first kappa shape index (κ1) is 13.8. The quantitative estimate of drug-likeness (QED) is 0.854. The second-order valence-electron chi connectivity index (χ2n) is 6.72. The van der Waals surface area contributed by atoms with E-state index in [9.17, 15) is 0 Å². The first-order valence-corrected chi connectivity index (χ1v) is 8.34. The van der Waals surface area contributed by atoms with Crippen molar-refractivity contribution in [2.45, 2.75) is 38.2 Å². The van der Waals surface area contributed by atoms with Crippen LogP contribution in [0.5, 0.6) is 5.75 Å². The Bertz CT molecular complexity index is 669. The number of rotatable bonds is 1. The lowest BCUT2D eigenvalue weighted by atomic mass is 9.83. The van der Waals surface area contributed by atoms with Gasteiger partial charge in [-0.05, 0) is 74.5 Å². The maximum absolute atomic E-state index is 6.43. The van der Waals surface area contributed by atoms with Gasteiger partial charge < -0.3 is 10.1 Å². The third-order valence-corrected chi connectivity index (χ3v) is 5.14. The summed E-state index contributed by atoms with van der Waals surface area (Å²) in [6.07, 6.45) is 4.55. The normalized spacial score (nSPS) is 19.5. The van der Waals surface area contributed by atoms with Crippen LogP contribution in [0.2, 0.25) is 0 Å². The lowest BCUT2D eigenvalue weighted by Gasteiger charge is -2.41. The first-order chi connectivity index (χ1) is 10.7. The van der Waals surface area contributed by atoms with Crippen LogP contribution in [0, 0.1) is 6.92 Å². The summed E-state index contributed by atoms with van der Waals surface area (Å²) in [7, 11) is 0. The molecule has 0 unspecified atom stereocenters. The van der Waals surface area contributed by atoms with Gasteiger partial charge in [0.1, 0.15) is 11.4 Å². The Kier molecular flexibility index (Phi) is 3.42. The third-order valence-electron chi connectivity index (χ3n) is 5.14. The summed E-state index contributed by atoms with van der Waals surface area (Å²) in [5, 5.41) is 3.44. The van der Waals surface area contributed by atoms with E-state index in [0.717, 1.165) is 44.5 Å². The fourth-order valence-electron chi connectivity index (χ4n) is 3.68. The molecule has 0 radical (unpaired) electrons. The number of ether oxygens (including phenoxy) is 1. The predicted octanol–water partition coefficient (Wildman–Crippen LogP) is 4.11. The number of hydrogen-bond donors (Lipinski definition) is 1. The molecule has 22 heavy (non-hydrogen) atoms. The highest BCUT2D eigenvalue weighted by Crippen LogP contribution is 2.39. The van der Waals surface area contributed by atoms with E-state index in [1.165, 1.54) is 22.3 Å². The summed E-state index contributed by atoms with van der Waals surface area (Å²) >= 11 is 0. The topological polar surface area (TPSA) is 21.3 Å². The molecule has 2 aromatic carbocycles. The Labute approximate surface area is 132 Å². The molecule has 1 spiro atoms. The zero-order chi connectivity index (χ0) is 15.0. The van der Waals surface area contributed by atoms with E-state index in [0.29, 0.717) is 0 Å². The van der Waals surface area contributed by atoms with E-state index in [4.69, 9.17) is 4.74 Å². The lowest BCUT2D eigenvalue weighted by molar-refractivity contribution is 0.0170. The summed E-state index contributed by atoms with van der Waals surface area (Å²) in [4.78, 5) is 0. The molecule has 2 nitrogen and oxygen atoms in total. The van der Waals surface area contributed by atoms with E-state index in [1.54, 1.807) is 0 Å². The highest BCUT2D eigenvalue weighted by atomic mass is 16.5. The van der Waals surface area contributed by atoms with Crippen molar-refractivity contribution in [2.75, 3.05) is 13.1 Å². The minimum Gasteiger partial charge on any atom is -0.487 e. The molecule has 2 aliphatic heterocycles. The van der Waals surface area contributed by atoms with Crippen LogP contribution in [-0.2, 0) is 6.42 Å². The van der Waals surface area contributed by atoms with E-state index in [1.807, 2.05) is 0 Å². The number of fused-ring (bicyclic) bond motifs is 1. The van der Waals surface area contributed by atoms with Gasteiger partial charge in [-0.3, -0.25) is 0 Å². The number of hydrogen-bond acceptors (Lipinski definition) is 2. The maximum atomic E-state index is 6.43. The van der Waals surface area contributed by atoms with Crippen LogP contribution in [-0.4, -0.2) is 18.7 Å². The van der Waals surface area contributed by atoms with Gasteiger partial charge in [0, 0.05) is 0 Å². The molecule has 0 amide bonds. The summed E-state index contributed by atoms with van der Waals surface area (Å²) in [5.74, 6) is 1.10. The van der Waals surface area contributed by atoms with Gasteiger partial charge in [-0.25, -0.2) is 0 Å². The molecule has 0 aliphatic carbocycles. The van der Waals surface area contributed by atoms with Crippen LogP contribution in [0.4, 0.5) is 0 Å². The second kappa shape index (κ2) is 5.44. The molecule has 2 aromatic rings. The lowest BCUT2D eigenvalue weighted by Crippen LogP contribution is -2.48. The van der Waals surface area contributed by atoms with Crippen LogP contribution in [0.3, 0.4) is 0 Å². The molecule has 2 heteroatoms. The number of piperidine rings is 1. The fraction of sp³-hybridized carbons (Fsp3) is 0.400. The Morgan fingerprint density at radius 1 is 0.909 bits per heavy atom. The SMILES string of the molecule is Cc1ccc(-c2ccc3c(c2)CCC2(CCNCC2)O3)cc1. The van der Waals surface area contributed by atoms with Gasteiger partial charge in [0.15, 0.2) is 0 Å². The van der Waals surface area contributed by atoms with Crippen LogP contribution in [0.25, 0.3) is 11.1 Å². The van der Waals surface area contributed by atoms with Crippen molar-refractivity contribution >= 4 is 0 Å². The Hall–Kier alpha value is -1.80. The molecule has 4 rings (SSSR count). The molecule has 114 valence electrons. The van der Waals surface area contributed by atoms with Crippen molar-refractivity contribution in [2.24, 2.45) is 0 Å². The largest absolute Gasteiger partial charge is 0.487 e. The molecule has 0 aromatic heterocycles. The van der Waals surface area contributed by atoms with Crippen LogP contribution < -0.4 is 10.1 Å². The summed E-state index contributed by atoms with van der Waals surface area (Å²) < 4.78 is 6.43. The van der Waals surface area contributed by atoms with Gasteiger partial charge in [-0.1, -0.05) is 35.9 Å². The molecule has 0 saturated carbocycles. The standard InChI is InChI=1S/C20H23NO/c1-15-2-4-16(5-3-15)17-6-7-19-18(14-17)8-9-20(22-19)10-12-21-13-11-20/h2-7,14,21H,8-13H2,1H3. The number of nitrogens with one attached hydrogen (secondary N) is 1. The van der Waals surface area contributed by atoms with E-state index in [2.05, 4.69) is 54.7 Å². The average molecular weight is 293 g/mol. The van der Waals surface area contributed by atoms with Crippen LogP contribution in [0.15, 0.2) is 42.5 Å². The Balaban J connectivity index is 1.62. The molecule has 0 bridgehead atoms. The minimum atomic E-state index is 0.0869. The minimum absolute atomic E-state index is 0.0869. The molecule has 1 fully saturated rings. The summed E-state index contributed by atoms with van der Waals surface area (Å²) in [6, 6.07) is 15.4. The Morgan fingerprint density at radius 2 is 1.64 bits per heavy atom. The molecule has 0 atom stereocenters. The van der Waals surface area contributed by atoms with Crippen LogP contribution >= 0.6 is 0 Å². The fourth-order valence-corrected chi connectivity index (χ4v) is 3.68. The Morgan fingerprint density at radius 3 is 2.41 bits per heavy atom. The van der Waals surface area contributed by atoms with Crippen molar-refractivity contribution in [3.8, 4) is 16.9 Å².